The number of nitrogens with zero attached hydrogens (tertiary/aromatic N) is 5. The van der Waals surface area contributed by atoms with E-state index in [4.69, 9.17) is 4.74 Å². The fourth-order valence-electron chi connectivity index (χ4n) is 6.36. The number of esters is 1. The molecule has 11 heteroatoms. The van der Waals surface area contributed by atoms with Crippen LogP contribution >= 0.6 is 0 Å². The summed E-state index contributed by atoms with van der Waals surface area (Å²) < 4.78 is 37.1. The Morgan fingerprint density at radius 2 is 1.85 bits per heavy atom. The highest BCUT2D eigenvalue weighted by atomic mass is 32.2. The number of hydrogen-bond donors (Lipinski definition) is 1. The largest absolute Gasteiger partial charge is 0.461 e. The molecule has 0 saturated carbocycles. The first-order valence-corrected chi connectivity index (χ1v) is 17.5. The van der Waals surface area contributed by atoms with Crippen LogP contribution in [0.5, 0.6) is 0 Å². The average Bonchev–Trinajstić information content (AvgIpc) is 3.39. The van der Waals surface area contributed by atoms with E-state index < -0.39 is 10.0 Å². The van der Waals surface area contributed by atoms with Crippen LogP contribution in [-0.2, 0) is 33.1 Å². The van der Waals surface area contributed by atoms with Crippen molar-refractivity contribution in [3.8, 4) is 0 Å². The average molecular weight is 647 g/mol. The Balaban J connectivity index is 1.52. The summed E-state index contributed by atoms with van der Waals surface area (Å²) in [5, 5.41) is 11.8. The molecule has 2 atom stereocenters. The molecule has 46 heavy (non-hydrogen) atoms. The van der Waals surface area contributed by atoms with Crippen LogP contribution in [0, 0.1) is 13.8 Å². The molecule has 0 radical (unpaired) electrons. The molecule has 0 bridgehead atoms. The maximum atomic E-state index is 13.9. The van der Waals surface area contributed by atoms with Crippen molar-refractivity contribution in [1.82, 2.24) is 24.6 Å². The zero-order chi connectivity index (χ0) is 33.0. The number of ether oxygens (including phenoxy) is 1. The van der Waals surface area contributed by atoms with Crippen LogP contribution in [0.25, 0.3) is 11.0 Å². The Kier molecular flexibility index (Phi) is 10.4. The number of para-hydroxylation sites is 1. The Labute approximate surface area is 272 Å². The van der Waals surface area contributed by atoms with Crippen LogP contribution in [-0.4, -0.2) is 73.5 Å². The number of benzene rings is 3. The molecule has 10 nitrogen and oxygen atoms in total. The quantitative estimate of drug-likeness (QED) is 0.213. The van der Waals surface area contributed by atoms with E-state index in [2.05, 4.69) is 28.6 Å². The van der Waals surface area contributed by atoms with Gasteiger partial charge in [0, 0.05) is 46.2 Å². The minimum absolute atomic E-state index is 0.141. The summed E-state index contributed by atoms with van der Waals surface area (Å²) in [6.45, 7) is 7.90. The first-order valence-electron chi connectivity index (χ1n) is 16.1. The molecule has 1 N–H and O–H groups in total. The third kappa shape index (κ3) is 6.96. The van der Waals surface area contributed by atoms with Crippen molar-refractivity contribution in [2.75, 3.05) is 38.6 Å². The van der Waals surface area contributed by atoms with Crippen LogP contribution < -0.4 is 10.2 Å². The maximum absolute atomic E-state index is 13.9. The van der Waals surface area contributed by atoms with Crippen molar-refractivity contribution in [3.63, 3.8) is 0 Å². The van der Waals surface area contributed by atoms with Gasteiger partial charge in [-0.1, -0.05) is 55.0 Å². The number of aromatic nitrogens is 3. The van der Waals surface area contributed by atoms with Crippen molar-refractivity contribution in [1.29, 1.82) is 0 Å². The molecule has 3 aromatic carbocycles. The number of fused-ring (bicyclic) bond motifs is 2. The van der Waals surface area contributed by atoms with Crippen LogP contribution in [0.1, 0.15) is 66.3 Å². The van der Waals surface area contributed by atoms with Crippen molar-refractivity contribution >= 4 is 32.7 Å². The van der Waals surface area contributed by atoms with E-state index in [-0.39, 0.29) is 31.0 Å². The molecular weight excluding hydrogens is 600 g/mol. The van der Waals surface area contributed by atoms with E-state index in [1.54, 1.807) is 21.1 Å². The zero-order valence-corrected chi connectivity index (χ0v) is 28.6. The Morgan fingerprint density at radius 3 is 2.61 bits per heavy atom. The lowest BCUT2D eigenvalue weighted by Crippen LogP contribution is -2.33. The monoisotopic (exact) mass is 646 g/mol. The minimum Gasteiger partial charge on any atom is -0.461 e. The number of nitrogens with one attached hydrogen (secondary N) is 1. The van der Waals surface area contributed by atoms with Gasteiger partial charge >= 0.3 is 5.97 Å². The van der Waals surface area contributed by atoms with Gasteiger partial charge in [-0.3, -0.25) is 4.79 Å². The second kappa shape index (κ2) is 14.3. The van der Waals surface area contributed by atoms with Gasteiger partial charge in [-0.25, -0.2) is 13.1 Å². The van der Waals surface area contributed by atoms with Crippen molar-refractivity contribution in [2.45, 2.75) is 69.9 Å². The molecule has 0 fully saturated rings. The lowest BCUT2D eigenvalue weighted by molar-refractivity contribution is -0.149. The third-order valence-electron chi connectivity index (χ3n) is 9.14. The van der Waals surface area contributed by atoms with Crippen LogP contribution in [0.4, 0.5) is 5.69 Å². The number of sulfonamides is 1. The van der Waals surface area contributed by atoms with Gasteiger partial charge in [-0.2, -0.15) is 4.31 Å². The first kappa shape index (κ1) is 33.6. The number of likely N-dealkylation sites (N-methyl/N-ethyl adjacent to an activating group) is 2. The lowest BCUT2D eigenvalue weighted by Gasteiger charge is -2.25. The standard InChI is InChI=1S/C35H46N6O4S/c1-7-8-11-28(22-36-4)45-34(42)21-30(29-16-17-32-35(25(29)3)37-38-40(32)6)26-15-14-24(2)27(20-26)23-41-19-18-39(5)31-12-9-10-13-33(31)46(41,43)44/h9-10,12-17,20,28,30,36H,7-8,11,18-19,21-23H2,1-6H3. The summed E-state index contributed by atoms with van der Waals surface area (Å²) in [6.07, 6.45) is 2.74. The number of aryl methyl sites for hydroxylation is 3. The lowest BCUT2D eigenvalue weighted by atomic mass is 9.84. The summed E-state index contributed by atoms with van der Waals surface area (Å²) in [6, 6.07) is 17.3. The van der Waals surface area contributed by atoms with Gasteiger partial charge in [0.1, 0.15) is 16.5 Å². The van der Waals surface area contributed by atoms with E-state index in [1.165, 1.54) is 0 Å². The first-order chi connectivity index (χ1) is 22.0. The molecule has 5 rings (SSSR count). The summed E-state index contributed by atoms with van der Waals surface area (Å²) in [4.78, 5) is 15.9. The third-order valence-corrected chi connectivity index (χ3v) is 11.0. The van der Waals surface area contributed by atoms with Crippen molar-refractivity contribution in [3.05, 3.63) is 82.4 Å². The molecule has 0 spiro atoms. The Hall–Kier alpha value is -3.80. The second-order valence-electron chi connectivity index (χ2n) is 12.3. The molecule has 1 aliphatic rings. The smallest absolute Gasteiger partial charge is 0.307 e. The molecule has 4 aromatic rings. The van der Waals surface area contributed by atoms with E-state index in [0.717, 1.165) is 58.1 Å². The molecule has 246 valence electrons. The molecular formula is C35H46N6O4S. The molecule has 0 saturated heterocycles. The second-order valence-corrected chi connectivity index (χ2v) is 14.2. The van der Waals surface area contributed by atoms with Crippen LogP contribution in [0.2, 0.25) is 0 Å². The van der Waals surface area contributed by atoms with Gasteiger partial charge < -0.3 is 15.0 Å². The molecule has 0 amide bonds. The molecule has 2 unspecified atom stereocenters. The highest BCUT2D eigenvalue weighted by Crippen LogP contribution is 2.36. The van der Waals surface area contributed by atoms with Crippen LogP contribution in [0.3, 0.4) is 0 Å². The number of carbonyl (C=O) groups excluding carboxylic acids is 1. The fourth-order valence-corrected chi connectivity index (χ4v) is 8.01. The van der Waals surface area contributed by atoms with Gasteiger partial charge in [0.05, 0.1) is 17.6 Å². The van der Waals surface area contributed by atoms with Gasteiger partial charge in [-0.05, 0) is 79.8 Å². The molecule has 0 aliphatic carbocycles. The fraction of sp³-hybridized carbons (Fsp3) is 0.457. The molecule has 1 aromatic heterocycles. The van der Waals surface area contributed by atoms with E-state index in [1.807, 2.05) is 76.3 Å². The van der Waals surface area contributed by atoms with E-state index in [9.17, 15) is 13.2 Å². The van der Waals surface area contributed by atoms with Crippen molar-refractivity contribution < 1.29 is 17.9 Å². The summed E-state index contributed by atoms with van der Waals surface area (Å²) in [7, 11) is 1.92. The predicted octanol–water partition coefficient (Wildman–Crippen LogP) is 5.07. The van der Waals surface area contributed by atoms with Gasteiger partial charge in [0.25, 0.3) is 0 Å². The maximum Gasteiger partial charge on any atom is 0.307 e. The van der Waals surface area contributed by atoms with E-state index in [0.29, 0.717) is 30.2 Å². The molecule has 1 aliphatic heterocycles. The van der Waals surface area contributed by atoms with Gasteiger partial charge in [-0.15, -0.1) is 5.10 Å². The SMILES string of the molecule is CCCCC(CNC)OC(=O)CC(c1ccc(C)c(CN2CCN(C)c3ccccc3S2(=O)=O)c1)c1ccc2c(nnn2C)c1C. The van der Waals surface area contributed by atoms with Crippen molar-refractivity contribution in [2.24, 2.45) is 7.05 Å². The van der Waals surface area contributed by atoms with Gasteiger partial charge in [0.2, 0.25) is 10.0 Å². The van der Waals surface area contributed by atoms with Gasteiger partial charge in [0.15, 0.2) is 0 Å². The number of rotatable bonds is 12. The predicted molar refractivity (Wildman–Crippen MR) is 182 cm³/mol. The number of anilines is 1. The Bertz CT molecular complexity index is 1800. The van der Waals surface area contributed by atoms with E-state index >= 15 is 0 Å². The zero-order valence-electron chi connectivity index (χ0n) is 27.8. The Morgan fingerprint density at radius 1 is 1.07 bits per heavy atom. The number of unbranched alkanes of at least 4 members (excludes halogenated alkanes) is 1. The number of carbonyl (C=O) groups is 1. The normalized spacial score (nSPS) is 16.2. The minimum atomic E-state index is -3.73. The van der Waals surface area contributed by atoms with Crippen LogP contribution in [0.15, 0.2) is 59.5 Å². The highest BCUT2D eigenvalue weighted by molar-refractivity contribution is 7.89. The molecule has 2 heterocycles. The highest BCUT2D eigenvalue weighted by Gasteiger charge is 2.32. The number of hydrogen-bond acceptors (Lipinski definition) is 8. The summed E-state index contributed by atoms with van der Waals surface area (Å²) in [5.41, 5.74) is 7.15. The summed E-state index contributed by atoms with van der Waals surface area (Å²) >= 11 is 0. The topological polar surface area (TPSA) is 110 Å². The summed E-state index contributed by atoms with van der Waals surface area (Å²) in [5.74, 6) is -0.593.